The van der Waals surface area contributed by atoms with Crippen LogP contribution in [0.4, 0.5) is 0 Å². The Morgan fingerprint density at radius 1 is 1.44 bits per heavy atom. The molecule has 0 aromatic heterocycles. The van der Waals surface area contributed by atoms with Crippen LogP contribution in [0, 0.1) is 5.41 Å². The molecule has 96 valence electrons. The van der Waals surface area contributed by atoms with E-state index in [1.54, 1.807) is 0 Å². The highest BCUT2D eigenvalue weighted by atomic mass is 16.5. The van der Waals surface area contributed by atoms with Crippen LogP contribution in [0.1, 0.15) is 46.5 Å². The van der Waals surface area contributed by atoms with Crippen LogP contribution in [0.3, 0.4) is 0 Å². The second-order valence-electron chi connectivity index (χ2n) is 6.05. The monoisotopic (exact) mass is 229 g/mol. The highest BCUT2D eigenvalue weighted by molar-refractivity contribution is 4.71. The molecule has 2 unspecified atom stereocenters. The summed E-state index contributed by atoms with van der Waals surface area (Å²) in [5, 5.41) is 13.1. The van der Waals surface area contributed by atoms with Gasteiger partial charge in [-0.15, -0.1) is 0 Å². The topological polar surface area (TPSA) is 41.5 Å². The SMILES string of the molecule is CC(C)(C)CC(O)CNCCC1CCCO1. The molecule has 1 aliphatic heterocycles. The maximum atomic E-state index is 9.78. The molecule has 0 aliphatic carbocycles. The van der Waals surface area contributed by atoms with Crippen molar-refractivity contribution >= 4 is 0 Å². The molecule has 1 saturated heterocycles. The number of ether oxygens (including phenoxy) is 1. The van der Waals surface area contributed by atoms with Crippen LogP contribution in [0.15, 0.2) is 0 Å². The van der Waals surface area contributed by atoms with Crippen molar-refractivity contribution in [3.63, 3.8) is 0 Å². The van der Waals surface area contributed by atoms with Gasteiger partial charge in [0.25, 0.3) is 0 Å². The lowest BCUT2D eigenvalue weighted by Crippen LogP contribution is -2.31. The third kappa shape index (κ3) is 6.46. The smallest absolute Gasteiger partial charge is 0.0669 e. The van der Waals surface area contributed by atoms with Crippen LogP contribution >= 0.6 is 0 Å². The van der Waals surface area contributed by atoms with E-state index in [1.165, 1.54) is 12.8 Å². The molecular weight excluding hydrogens is 202 g/mol. The number of rotatable bonds is 6. The Morgan fingerprint density at radius 3 is 2.75 bits per heavy atom. The summed E-state index contributed by atoms with van der Waals surface area (Å²) in [6, 6.07) is 0. The molecule has 2 atom stereocenters. The van der Waals surface area contributed by atoms with E-state index in [0.717, 1.165) is 26.0 Å². The maximum absolute atomic E-state index is 9.78. The molecule has 0 aromatic carbocycles. The summed E-state index contributed by atoms with van der Waals surface area (Å²) < 4.78 is 5.54. The Hall–Kier alpha value is -0.120. The lowest BCUT2D eigenvalue weighted by atomic mass is 9.89. The standard InChI is InChI=1S/C13H27NO2/c1-13(2,3)9-11(15)10-14-7-6-12-5-4-8-16-12/h11-12,14-15H,4-10H2,1-3H3. The van der Waals surface area contributed by atoms with Crippen LogP contribution in [-0.4, -0.2) is 37.0 Å². The maximum Gasteiger partial charge on any atom is 0.0669 e. The summed E-state index contributed by atoms with van der Waals surface area (Å²) in [4.78, 5) is 0. The molecule has 1 fully saturated rings. The minimum absolute atomic E-state index is 0.204. The Bertz CT molecular complexity index is 183. The van der Waals surface area contributed by atoms with E-state index in [2.05, 4.69) is 26.1 Å². The first-order valence-corrected chi connectivity index (χ1v) is 6.48. The van der Waals surface area contributed by atoms with E-state index in [0.29, 0.717) is 12.6 Å². The number of aliphatic hydroxyl groups excluding tert-OH is 1. The molecule has 3 nitrogen and oxygen atoms in total. The Morgan fingerprint density at radius 2 is 2.19 bits per heavy atom. The van der Waals surface area contributed by atoms with Crippen LogP contribution in [0.5, 0.6) is 0 Å². The van der Waals surface area contributed by atoms with Gasteiger partial charge in [-0.1, -0.05) is 20.8 Å². The van der Waals surface area contributed by atoms with Crippen molar-refractivity contribution < 1.29 is 9.84 Å². The van der Waals surface area contributed by atoms with Crippen molar-refractivity contribution in [2.45, 2.75) is 58.7 Å². The Kier molecular flexibility index (Phi) is 5.73. The summed E-state index contributed by atoms with van der Waals surface area (Å²) in [6.45, 7) is 9.04. The van der Waals surface area contributed by atoms with Crippen molar-refractivity contribution in [3.8, 4) is 0 Å². The number of nitrogens with one attached hydrogen (secondary N) is 1. The molecule has 2 N–H and O–H groups in total. The fourth-order valence-electron chi connectivity index (χ4n) is 2.18. The summed E-state index contributed by atoms with van der Waals surface area (Å²) in [6.07, 6.45) is 4.54. The first-order valence-electron chi connectivity index (χ1n) is 6.48. The number of hydrogen-bond donors (Lipinski definition) is 2. The first-order chi connectivity index (χ1) is 7.47. The molecule has 1 rings (SSSR count). The van der Waals surface area contributed by atoms with Gasteiger partial charge < -0.3 is 15.2 Å². The predicted molar refractivity (Wildman–Crippen MR) is 66.5 cm³/mol. The molecule has 0 amide bonds. The van der Waals surface area contributed by atoms with Gasteiger partial charge in [0.2, 0.25) is 0 Å². The van der Waals surface area contributed by atoms with Gasteiger partial charge in [-0.25, -0.2) is 0 Å². The summed E-state index contributed by atoms with van der Waals surface area (Å²) in [7, 11) is 0. The van der Waals surface area contributed by atoms with Crippen molar-refractivity contribution in [2.75, 3.05) is 19.7 Å². The highest BCUT2D eigenvalue weighted by Gasteiger charge is 2.17. The first kappa shape index (κ1) is 13.9. The van der Waals surface area contributed by atoms with E-state index in [9.17, 15) is 5.11 Å². The molecule has 1 heterocycles. The molecule has 1 aliphatic rings. The van der Waals surface area contributed by atoms with E-state index in [1.807, 2.05) is 0 Å². The van der Waals surface area contributed by atoms with Gasteiger partial charge in [0, 0.05) is 13.2 Å². The summed E-state index contributed by atoms with van der Waals surface area (Å²) >= 11 is 0. The van der Waals surface area contributed by atoms with Crippen molar-refractivity contribution in [2.24, 2.45) is 5.41 Å². The third-order valence-corrected chi connectivity index (χ3v) is 2.90. The third-order valence-electron chi connectivity index (χ3n) is 2.90. The fourth-order valence-corrected chi connectivity index (χ4v) is 2.18. The summed E-state index contributed by atoms with van der Waals surface area (Å²) in [5.74, 6) is 0. The fraction of sp³-hybridized carbons (Fsp3) is 1.00. The van der Waals surface area contributed by atoms with E-state index in [4.69, 9.17) is 4.74 Å². The van der Waals surface area contributed by atoms with Gasteiger partial charge in [-0.2, -0.15) is 0 Å². The number of hydrogen-bond acceptors (Lipinski definition) is 3. The zero-order valence-electron chi connectivity index (χ0n) is 11.0. The van der Waals surface area contributed by atoms with Gasteiger partial charge in [0.15, 0.2) is 0 Å². The van der Waals surface area contributed by atoms with Crippen molar-refractivity contribution in [3.05, 3.63) is 0 Å². The minimum Gasteiger partial charge on any atom is -0.392 e. The van der Waals surface area contributed by atoms with Crippen molar-refractivity contribution in [1.82, 2.24) is 5.32 Å². The Labute approximate surface area is 99.6 Å². The molecule has 0 radical (unpaired) electrons. The molecule has 0 aromatic rings. The average molecular weight is 229 g/mol. The van der Waals surface area contributed by atoms with Crippen LogP contribution in [-0.2, 0) is 4.74 Å². The van der Waals surface area contributed by atoms with Gasteiger partial charge >= 0.3 is 0 Å². The average Bonchev–Trinajstić information content (AvgIpc) is 2.62. The zero-order chi connectivity index (χ0) is 12.0. The van der Waals surface area contributed by atoms with Gasteiger partial charge in [0.1, 0.15) is 0 Å². The minimum atomic E-state index is -0.232. The molecule has 0 saturated carbocycles. The molecular formula is C13H27NO2. The van der Waals surface area contributed by atoms with Crippen LogP contribution < -0.4 is 5.32 Å². The van der Waals surface area contributed by atoms with Gasteiger partial charge in [-0.3, -0.25) is 0 Å². The second kappa shape index (κ2) is 6.58. The molecule has 3 heteroatoms. The Balaban J connectivity index is 1.97. The quantitative estimate of drug-likeness (QED) is 0.684. The van der Waals surface area contributed by atoms with Crippen LogP contribution in [0.2, 0.25) is 0 Å². The molecule has 16 heavy (non-hydrogen) atoms. The predicted octanol–water partition coefficient (Wildman–Crippen LogP) is 1.94. The largest absolute Gasteiger partial charge is 0.392 e. The van der Waals surface area contributed by atoms with Crippen LogP contribution in [0.25, 0.3) is 0 Å². The summed E-state index contributed by atoms with van der Waals surface area (Å²) in [5.41, 5.74) is 0.204. The lowest BCUT2D eigenvalue weighted by Gasteiger charge is -2.22. The molecule has 0 bridgehead atoms. The number of aliphatic hydroxyl groups is 1. The lowest BCUT2D eigenvalue weighted by molar-refractivity contribution is 0.0979. The van der Waals surface area contributed by atoms with Gasteiger partial charge in [-0.05, 0) is 37.6 Å². The van der Waals surface area contributed by atoms with E-state index >= 15 is 0 Å². The normalized spacial score (nSPS) is 23.6. The van der Waals surface area contributed by atoms with E-state index < -0.39 is 0 Å². The van der Waals surface area contributed by atoms with Gasteiger partial charge in [0.05, 0.1) is 12.2 Å². The molecule has 0 spiro atoms. The zero-order valence-corrected chi connectivity index (χ0v) is 11.0. The van der Waals surface area contributed by atoms with Crippen molar-refractivity contribution in [1.29, 1.82) is 0 Å². The second-order valence-corrected chi connectivity index (χ2v) is 6.05. The highest BCUT2D eigenvalue weighted by Crippen LogP contribution is 2.20. The van der Waals surface area contributed by atoms with E-state index in [-0.39, 0.29) is 11.5 Å².